The molecule has 0 aromatic heterocycles. The van der Waals surface area contributed by atoms with Crippen molar-refractivity contribution in [2.24, 2.45) is 5.92 Å². The minimum absolute atomic E-state index is 0.359. The Hall–Kier alpha value is -1.45. The van der Waals surface area contributed by atoms with Gasteiger partial charge in [-0.25, -0.2) is 0 Å². The van der Waals surface area contributed by atoms with Crippen molar-refractivity contribution in [3.8, 4) is 0 Å². The van der Waals surface area contributed by atoms with Crippen molar-refractivity contribution >= 4 is 5.78 Å². The molecule has 2 aliphatic carbocycles. The van der Waals surface area contributed by atoms with Gasteiger partial charge >= 0.3 is 0 Å². The minimum Gasteiger partial charge on any atom is -0.379 e. The summed E-state index contributed by atoms with van der Waals surface area (Å²) < 4.78 is 11.1. The molecule has 0 aromatic carbocycles. The molecule has 2 aliphatic rings. The number of allylic oxidation sites excluding steroid dienone is 7. The van der Waals surface area contributed by atoms with E-state index in [2.05, 4.69) is 12.2 Å². The molecule has 138 valence electrons. The lowest BCUT2D eigenvalue weighted by Gasteiger charge is -2.20. The average Bonchev–Trinajstić information content (AvgIpc) is 2.59. The summed E-state index contributed by atoms with van der Waals surface area (Å²) >= 11 is 0. The standard InChI is InChI=1S/C22H32O3/c23-22(19-21-11-7-4-8-12-21)14-16-25-18-17-24-15-13-20-9-5-2-1-3-6-10-20/h1-3,5-6,9-10,21H,4,7-8,11-19H2/b2-1-,3-1?,5-2?,6-3-,9-5?,10-6?,20-9?,20-10?. The Kier molecular flexibility index (Phi) is 10.2. The molecule has 0 amide bonds. The summed E-state index contributed by atoms with van der Waals surface area (Å²) in [4.78, 5) is 11.9. The summed E-state index contributed by atoms with van der Waals surface area (Å²) in [7, 11) is 0. The van der Waals surface area contributed by atoms with Gasteiger partial charge in [0, 0.05) is 12.8 Å². The topological polar surface area (TPSA) is 35.5 Å². The van der Waals surface area contributed by atoms with E-state index in [4.69, 9.17) is 9.47 Å². The molecular formula is C22H32O3. The second-order valence-electron chi connectivity index (χ2n) is 6.84. The van der Waals surface area contributed by atoms with Crippen LogP contribution in [0.2, 0.25) is 0 Å². The molecule has 25 heavy (non-hydrogen) atoms. The molecule has 0 unspecified atom stereocenters. The van der Waals surface area contributed by atoms with Gasteiger partial charge in [-0.15, -0.1) is 0 Å². The van der Waals surface area contributed by atoms with Crippen molar-refractivity contribution in [2.75, 3.05) is 26.4 Å². The van der Waals surface area contributed by atoms with Crippen molar-refractivity contribution in [3.05, 3.63) is 48.1 Å². The van der Waals surface area contributed by atoms with Crippen LogP contribution in [0.5, 0.6) is 0 Å². The van der Waals surface area contributed by atoms with Gasteiger partial charge in [0.25, 0.3) is 0 Å². The zero-order chi connectivity index (χ0) is 17.6. The zero-order valence-electron chi connectivity index (χ0n) is 15.3. The van der Waals surface area contributed by atoms with E-state index >= 15 is 0 Å². The van der Waals surface area contributed by atoms with Gasteiger partial charge in [0.1, 0.15) is 5.78 Å². The highest BCUT2D eigenvalue weighted by molar-refractivity contribution is 5.78. The van der Waals surface area contributed by atoms with Crippen LogP contribution in [0.25, 0.3) is 0 Å². The maximum absolute atomic E-state index is 11.9. The molecule has 1 fully saturated rings. The highest BCUT2D eigenvalue weighted by atomic mass is 16.5. The summed E-state index contributed by atoms with van der Waals surface area (Å²) in [6, 6.07) is 0. The van der Waals surface area contributed by atoms with Crippen LogP contribution >= 0.6 is 0 Å². The van der Waals surface area contributed by atoms with Crippen LogP contribution in [0.3, 0.4) is 0 Å². The Morgan fingerprint density at radius 1 is 0.880 bits per heavy atom. The summed E-state index contributed by atoms with van der Waals surface area (Å²) in [5, 5.41) is 0. The summed E-state index contributed by atoms with van der Waals surface area (Å²) in [5.74, 6) is 0.990. The fraction of sp³-hybridized carbons (Fsp3) is 0.591. The molecule has 0 heterocycles. The second kappa shape index (κ2) is 12.8. The molecule has 0 aliphatic heterocycles. The third kappa shape index (κ3) is 9.57. The van der Waals surface area contributed by atoms with Gasteiger partial charge in [-0.05, 0) is 17.9 Å². The first kappa shape index (κ1) is 19.9. The number of ether oxygens (including phenoxy) is 2. The van der Waals surface area contributed by atoms with E-state index in [0.717, 1.165) is 12.8 Å². The van der Waals surface area contributed by atoms with Crippen LogP contribution in [0.1, 0.15) is 51.4 Å². The first-order valence-corrected chi connectivity index (χ1v) is 9.72. The predicted octanol–water partition coefficient (Wildman–Crippen LogP) is 4.95. The summed E-state index contributed by atoms with van der Waals surface area (Å²) in [5.41, 5.74) is 1.26. The average molecular weight is 344 g/mol. The van der Waals surface area contributed by atoms with Crippen LogP contribution in [-0.4, -0.2) is 32.2 Å². The van der Waals surface area contributed by atoms with E-state index in [9.17, 15) is 4.79 Å². The van der Waals surface area contributed by atoms with Crippen LogP contribution in [0.15, 0.2) is 48.1 Å². The first-order chi connectivity index (χ1) is 12.3. The number of carbonyl (C=O) groups excluding carboxylic acids is 1. The maximum Gasteiger partial charge on any atom is 0.135 e. The van der Waals surface area contributed by atoms with Gasteiger partial charge in [0.05, 0.1) is 26.4 Å². The van der Waals surface area contributed by atoms with Crippen molar-refractivity contribution in [1.29, 1.82) is 0 Å². The first-order valence-electron chi connectivity index (χ1n) is 9.72. The van der Waals surface area contributed by atoms with Gasteiger partial charge in [-0.3, -0.25) is 4.79 Å². The van der Waals surface area contributed by atoms with Crippen LogP contribution in [-0.2, 0) is 14.3 Å². The van der Waals surface area contributed by atoms with Gasteiger partial charge in [-0.1, -0.05) is 74.6 Å². The second-order valence-corrected chi connectivity index (χ2v) is 6.84. The number of Topliss-reactive ketones (excluding diaryl/α,β-unsaturated/α-hetero) is 1. The molecule has 1 saturated carbocycles. The quantitative estimate of drug-likeness (QED) is 0.498. The molecule has 2 rings (SSSR count). The number of hydrogen-bond donors (Lipinski definition) is 0. The van der Waals surface area contributed by atoms with E-state index in [-0.39, 0.29) is 0 Å². The van der Waals surface area contributed by atoms with Crippen LogP contribution in [0.4, 0.5) is 0 Å². The minimum atomic E-state index is 0.359. The van der Waals surface area contributed by atoms with Crippen molar-refractivity contribution in [1.82, 2.24) is 0 Å². The van der Waals surface area contributed by atoms with Crippen LogP contribution in [0, 0.1) is 5.92 Å². The fourth-order valence-electron chi connectivity index (χ4n) is 3.29. The monoisotopic (exact) mass is 344 g/mol. The smallest absolute Gasteiger partial charge is 0.135 e. The Labute approximate surface area is 152 Å². The number of hydrogen-bond acceptors (Lipinski definition) is 3. The largest absolute Gasteiger partial charge is 0.379 e. The Bertz CT molecular complexity index is 493. The molecule has 0 saturated heterocycles. The molecule has 0 spiro atoms. The van der Waals surface area contributed by atoms with E-state index < -0.39 is 0 Å². The Morgan fingerprint density at radius 2 is 1.60 bits per heavy atom. The fourth-order valence-corrected chi connectivity index (χ4v) is 3.29. The van der Waals surface area contributed by atoms with E-state index in [1.165, 1.54) is 37.7 Å². The molecule has 0 atom stereocenters. The predicted molar refractivity (Wildman–Crippen MR) is 103 cm³/mol. The van der Waals surface area contributed by atoms with Gasteiger partial charge < -0.3 is 9.47 Å². The summed E-state index contributed by atoms with van der Waals surface area (Å²) in [6.07, 6.45) is 23.0. The lowest BCUT2D eigenvalue weighted by Crippen LogP contribution is -2.14. The van der Waals surface area contributed by atoms with Crippen molar-refractivity contribution < 1.29 is 14.3 Å². The number of ketones is 1. The molecule has 3 nitrogen and oxygen atoms in total. The SMILES string of the molecule is O=C(CCOCCOCCC1=C/C=C\C=C/C=C1)CC1CCCCC1. The molecule has 0 aromatic rings. The Balaban J connectivity index is 1.42. The third-order valence-electron chi connectivity index (χ3n) is 4.74. The highest BCUT2D eigenvalue weighted by Crippen LogP contribution is 2.26. The maximum atomic E-state index is 11.9. The molecule has 0 radical (unpaired) electrons. The zero-order valence-corrected chi connectivity index (χ0v) is 15.3. The number of carbonyl (C=O) groups is 1. The number of rotatable bonds is 11. The van der Waals surface area contributed by atoms with Gasteiger partial charge in [-0.2, -0.15) is 0 Å². The van der Waals surface area contributed by atoms with E-state index in [1.807, 2.05) is 30.4 Å². The van der Waals surface area contributed by atoms with Crippen molar-refractivity contribution in [3.63, 3.8) is 0 Å². The van der Waals surface area contributed by atoms with Crippen molar-refractivity contribution in [2.45, 2.75) is 51.4 Å². The summed E-state index contributed by atoms with van der Waals surface area (Å²) in [6.45, 7) is 2.37. The highest BCUT2D eigenvalue weighted by Gasteiger charge is 2.16. The van der Waals surface area contributed by atoms with E-state index in [0.29, 0.717) is 44.5 Å². The molecule has 0 bridgehead atoms. The Morgan fingerprint density at radius 3 is 2.44 bits per heavy atom. The van der Waals surface area contributed by atoms with Crippen LogP contribution < -0.4 is 0 Å². The van der Waals surface area contributed by atoms with E-state index in [1.54, 1.807) is 0 Å². The third-order valence-corrected chi connectivity index (χ3v) is 4.74. The van der Waals surface area contributed by atoms with Gasteiger partial charge in [0.2, 0.25) is 0 Å². The normalized spacial score (nSPS) is 20.6. The lowest BCUT2D eigenvalue weighted by atomic mass is 9.85. The molecular weight excluding hydrogens is 312 g/mol. The molecule has 3 heteroatoms. The molecule has 0 N–H and O–H groups in total. The van der Waals surface area contributed by atoms with Gasteiger partial charge in [0.15, 0.2) is 0 Å². The lowest BCUT2D eigenvalue weighted by molar-refractivity contribution is -0.121.